The number of benzene rings is 2. The number of rotatable bonds is 2. The van der Waals surface area contributed by atoms with Crippen molar-refractivity contribution < 1.29 is 14.3 Å². The molecule has 0 bridgehead atoms. The summed E-state index contributed by atoms with van der Waals surface area (Å²) in [6.45, 7) is 5.21. The summed E-state index contributed by atoms with van der Waals surface area (Å²) in [4.78, 5) is 24.4. The first-order valence-corrected chi connectivity index (χ1v) is 6.68. The Morgan fingerprint density at radius 3 is 1.95 bits per heavy atom. The maximum absolute atomic E-state index is 12.5. The van der Waals surface area contributed by atoms with Crippen molar-refractivity contribution in [1.82, 2.24) is 0 Å². The Labute approximate surface area is 122 Å². The fourth-order valence-corrected chi connectivity index (χ4v) is 2.51. The predicted octanol–water partition coefficient (Wildman–Crippen LogP) is 3.44. The Morgan fingerprint density at radius 2 is 1.48 bits per heavy atom. The summed E-state index contributed by atoms with van der Waals surface area (Å²) in [6.07, 6.45) is -0.570. The lowest BCUT2D eigenvalue weighted by molar-refractivity contribution is -0.142. The molecule has 0 aliphatic heterocycles. The van der Waals surface area contributed by atoms with Crippen LogP contribution in [0, 0.1) is 0 Å². The lowest BCUT2D eigenvalue weighted by Gasteiger charge is -2.27. The number of ether oxygens (including phenoxy) is 1. The molecule has 21 heavy (non-hydrogen) atoms. The predicted molar refractivity (Wildman–Crippen MR) is 79.1 cm³/mol. The summed E-state index contributed by atoms with van der Waals surface area (Å²) >= 11 is 0. The summed E-state index contributed by atoms with van der Waals surface area (Å²) in [6, 6.07) is 14.4. The van der Waals surface area contributed by atoms with Gasteiger partial charge in [-0.05, 0) is 6.92 Å². The quantitative estimate of drug-likeness (QED) is 0.624. The van der Waals surface area contributed by atoms with Gasteiger partial charge < -0.3 is 4.74 Å². The minimum absolute atomic E-state index is 0.0381. The highest BCUT2D eigenvalue weighted by molar-refractivity contribution is 6.12. The molecule has 1 aliphatic rings. The van der Waals surface area contributed by atoms with Gasteiger partial charge in [-0.1, -0.05) is 55.1 Å². The maximum Gasteiger partial charge on any atom is 0.334 e. The van der Waals surface area contributed by atoms with Crippen molar-refractivity contribution in [3.8, 4) is 0 Å². The normalized spacial score (nSPS) is 13.3. The van der Waals surface area contributed by atoms with E-state index in [1.54, 1.807) is 19.1 Å². The van der Waals surface area contributed by atoms with Crippen LogP contribution < -0.4 is 0 Å². The standard InChI is InChI=1S/C18H14O3/c1-11(2)18(20)21-17-14-9-5-3-7-12(14)16(19)13-8-4-6-10-15(13)17/h3-10,17H,1H2,2H3. The molecule has 1 aliphatic carbocycles. The number of carbonyl (C=O) groups excluding carboxylic acids is 2. The zero-order valence-electron chi connectivity index (χ0n) is 11.6. The Morgan fingerprint density at radius 1 is 1.00 bits per heavy atom. The number of ketones is 1. The van der Waals surface area contributed by atoms with E-state index in [1.165, 1.54) is 0 Å². The Balaban J connectivity index is 2.16. The number of esters is 1. The van der Waals surface area contributed by atoms with Crippen LogP contribution in [0.5, 0.6) is 0 Å². The average Bonchev–Trinajstić information content (AvgIpc) is 2.51. The van der Waals surface area contributed by atoms with E-state index in [-0.39, 0.29) is 5.78 Å². The van der Waals surface area contributed by atoms with Crippen molar-refractivity contribution in [3.05, 3.63) is 82.9 Å². The summed E-state index contributed by atoms with van der Waals surface area (Å²) < 4.78 is 5.56. The molecule has 0 fully saturated rings. The van der Waals surface area contributed by atoms with Gasteiger partial charge in [0.1, 0.15) is 0 Å². The van der Waals surface area contributed by atoms with Gasteiger partial charge in [0.15, 0.2) is 11.9 Å². The van der Waals surface area contributed by atoms with Gasteiger partial charge in [-0.15, -0.1) is 0 Å². The van der Waals surface area contributed by atoms with E-state index in [0.717, 1.165) is 11.1 Å². The summed E-state index contributed by atoms with van der Waals surface area (Å²) in [5.41, 5.74) is 2.93. The molecule has 3 nitrogen and oxygen atoms in total. The monoisotopic (exact) mass is 278 g/mol. The van der Waals surface area contributed by atoms with E-state index < -0.39 is 12.1 Å². The molecule has 0 unspecified atom stereocenters. The molecule has 0 heterocycles. The molecule has 0 atom stereocenters. The zero-order chi connectivity index (χ0) is 15.0. The third kappa shape index (κ3) is 2.17. The van der Waals surface area contributed by atoms with Crippen molar-refractivity contribution in [3.63, 3.8) is 0 Å². The molecule has 2 aromatic rings. The minimum atomic E-state index is -0.570. The fourth-order valence-electron chi connectivity index (χ4n) is 2.51. The van der Waals surface area contributed by atoms with Gasteiger partial charge >= 0.3 is 5.97 Å². The van der Waals surface area contributed by atoms with Gasteiger partial charge in [-0.3, -0.25) is 4.79 Å². The van der Waals surface area contributed by atoms with E-state index >= 15 is 0 Å². The molecule has 0 spiro atoms. The minimum Gasteiger partial charge on any atom is -0.449 e. The highest BCUT2D eigenvalue weighted by atomic mass is 16.5. The van der Waals surface area contributed by atoms with Gasteiger partial charge in [0, 0.05) is 27.8 Å². The van der Waals surface area contributed by atoms with E-state index in [0.29, 0.717) is 16.7 Å². The Bertz CT molecular complexity index is 709. The van der Waals surface area contributed by atoms with Crippen molar-refractivity contribution in [1.29, 1.82) is 0 Å². The first kappa shape index (κ1) is 13.3. The van der Waals surface area contributed by atoms with Gasteiger partial charge in [0.05, 0.1) is 0 Å². The summed E-state index contributed by atoms with van der Waals surface area (Å²) in [5, 5.41) is 0. The lowest BCUT2D eigenvalue weighted by atomic mass is 9.83. The molecular weight excluding hydrogens is 264 g/mol. The van der Waals surface area contributed by atoms with Crippen LogP contribution in [0.2, 0.25) is 0 Å². The van der Waals surface area contributed by atoms with Crippen molar-refractivity contribution >= 4 is 11.8 Å². The van der Waals surface area contributed by atoms with Crippen LogP contribution in [0.1, 0.15) is 40.1 Å². The van der Waals surface area contributed by atoms with Gasteiger partial charge in [-0.25, -0.2) is 4.79 Å². The lowest BCUT2D eigenvalue weighted by Crippen LogP contribution is -2.23. The number of hydrogen-bond donors (Lipinski definition) is 0. The maximum atomic E-state index is 12.5. The van der Waals surface area contributed by atoms with Crippen LogP contribution in [0.3, 0.4) is 0 Å². The molecule has 0 amide bonds. The number of carbonyl (C=O) groups is 2. The largest absolute Gasteiger partial charge is 0.449 e. The molecular formula is C18H14O3. The van der Waals surface area contributed by atoms with Crippen LogP contribution in [0.4, 0.5) is 0 Å². The topological polar surface area (TPSA) is 43.4 Å². The first-order valence-electron chi connectivity index (χ1n) is 6.68. The SMILES string of the molecule is C=C(C)C(=O)OC1c2ccccc2C(=O)c2ccccc21. The first-order chi connectivity index (χ1) is 10.1. The number of fused-ring (bicyclic) bond motifs is 2. The third-order valence-electron chi connectivity index (χ3n) is 3.55. The molecule has 0 saturated carbocycles. The molecule has 0 aromatic heterocycles. The van der Waals surface area contributed by atoms with E-state index in [4.69, 9.17) is 4.74 Å². The highest BCUT2D eigenvalue weighted by Gasteiger charge is 2.32. The molecule has 104 valence electrons. The zero-order valence-corrected chi connectivity index (χ0v) is 11.6. The molecule has 3 rings (SSSR count). The van der Waals surface area contributed by atoms with Crippen molar-refractivity contribution in [2.45, 2.75) is 13.0 Å². The molecule has 2 aromatic carbocycles. The third-order valence-corrected chi connectivity index (χ3v) is 3.55. The second kappa shape index (κ2) is 5.02. The van der Waals surface area contributed by atoms with Crippen LogP contribution in [0.25, 0.3) is 0 Å². The second-order valence-electron chi connectivity index (χ2n) is 5.07. The second-order valence-corrected chi connectivity index (χ2v) is 5.07. The average molecular weight is 278 g/mol. The molecule has 0 N–H and O–H groups in total. The van der Waals surface area contributed by atoms with E-state index in [9.17, 15) is 9.59 Å². The van der Waals surface area contributed by atoms with E-state index in [1.807, 2.05) is 36.4 Å². The molecule has 0 saturated heterocycles. The van der Waals surface area contributed by atoms with Gasteiger partial charge in [-0.2, -0.15) is 0 Å². The van der Waals surface area contributed by atoms with Crippen molar-refractivity contribution in [2.24, 2.45) is 0 Å². The molecule has 3 heteroatoms. The molecule has 0 radical (unpaired) electrons. The van der Waals surface area contributed by atoms with Crippen LogP contribution in [-0.2, 0) is 9.53 Å². The van der Waals surface area contributed by atoms with E-state index in [2.05, 4.69) is 6.58 Å². The Kier molecular flexibility index (Phi) is 3.18. The fraction of sp³-hybridized carbons (Fsp3) is 0.111. The number of hydrogen-bond acceptors (Lipinski definition) is 3. The highest BCUT2D eigenvalue weighted by Crippen LogP contribution is 2.37. The summed E-state index contributed by atoms with van der Waals surface area (Å²) in [5.74, 6) is -0.497. The smallest absolute Gasteiger partial charge is 0.334 e. The van der Waals surface area contributed by atoms with Crippen LogP contribution in [-0.4, -0.2) is 11.8 Å². The van der Waals surface area contributed by atoms with Crippen LogP contribution in [0.15, 0.2) is 60.7 Å². The summed E-state index contributed by atoms with van der Waals surface area (Å²) in [7, 11) is 0. The van der Waals surface area contributed by atoms with Crippen LogP contribution >= 0.6 is 0 Å². The van der Waals surface area contributed by atoms with Gasteiger partial charge in [0.25, 0.3) is 0 Å². The Hall–Kier alpha value is -2.68. The van der Waals surface area contributed by atoms with Gasteiger partial charge in [0.2, 0.25) is 0 Å². The van der Waals surface area contributed by atoms with Crippen molar-refractivity contribution in [2.75, 3.05) is 0 Å².